The van der Waals surface area contributed by atoms with Crippen molar-refractivity contribution in [3.8, 4) is 5.75 Å². The van der Waals surface area contributed by atoms with Gasteiger partial charge in [-0.05, 0) is 36.4 Å². The van der Waals surface area contributed by atoms with Gasteiger partial charge in [0.2, 0.25) is 5.91 Å². The van der Waals surface area contributed by atoms with Crippen molar-refractivity contribution in [1.29, 1.82) is 0 Å². The molecule has 1 heterocycles. The van der Waals surface area contributed by atoms with E-state index in [2.05, 4.69) is 10.2 Å². The summed E-state index contributed by atoms with van der Waals surface area (Å²) >= 11 is 12.9. The third kappa shape index (κ3) is 6.09. The molecule has 0 atom stereocenters. The largest absolute Gasteiger partial charge is 0.484 e. The molecule has 0 aliphatic rings. The SMILES string of the molecule is CN(Cc1c(F)cccc1Cl)C(=O)CSc1nnc(COc2ccc(Cl)cc2)o1. The van der Waals surface area contributed by atoms with E-state index >= 15 is 0 Å². The Morgan fingerprint density at radius 2 is 1.97 bits per heavy atom. The molecule has 152 valence electrons. The van der Waals surface area contributed by atoms with Gasteiger partial charge in [0.25, 0.3) is 11.1 Å². The maximum Gasteiger partial charge on any atom is 0.277 e. The molecule has 6 nitrogen and oxygen atoms in total. The minimum Gasteiger partial charge on any atom is -0.484 e. The number of rotatable bonds is 8. The third-order valence-electron chi connectivity index (χ3n) is 3.83. The smallest absolute Gasteiger partial charge is 0.277 e. The molecule has 0 saturated carbocycles. The summed E-state index contributed by atoms with van der Waals surface area (Å²) in [6.07, 6.45) is 0. The molecule has 10 heteroatoms. The van der Waals surface area contributed by atoms with Crippen molar-refractivity contribution in [3.63, 3.8) is 0 Å². The number of carbonyl (C=O) groups is 1. The van der Waals surface area contributed by atoms with Gasteiger partial charge in [-0.1, -0.05) is 41.0 Å². The Labute approximate surface area is 181 Å². The second-order valence-electron chi connectivity index (χ2n) is 5.94. The molecule has 0 radical (unpaired) electrons. The number of hydrogen-bond acceptors (Lipinski definition) is 6. The van der Waals surface area contributed by atoms with Gasteiger partial charge in [0, 0.05) is 29.2 Å². The molecular weight excluding hydrogens is 440 g/mol. The van der Waals surface area contributed by atoms with Gasteiger partial charge in [-0.3, -0.25) is 4.79 Å². The fourth-order valence-electron chi connectivity index (χ4n) is 2.27. The van der Waals surface area contributed by atoms with Crippen LogP contribution in [0.25, 0.3) is 0 Å². The van der Waals surface area contributed by atoms with Gasteiger partial charge in [0.05, 0.1) is 5.75 Å². The van der Waals surface area contributed by atoms with Crippen LogP contribution in [-0.4, -0.2) is 33.8 Å². The van der Waals surface area contributed by atoms with Crippen LogP contribution in [0.15, 0.2) is 52.1 Å². The second-order valence-corrected chi connectivity index (χ2v) is 7.71. The van der Waals surface area contributed by atoms with Crippen molar-refractivity contribution in [2.75, 3.05) is 12.8 Å². The molecule has 0 saturated heterocycles. The first-order valence-corrected chi connectivity index (χ1v) is 10.2. The van der Waals surface area contributed by atoms with Crippen LogP contribution in [0.2, 0.25) is 10.0 Å². The lowest BCUT2D eigenvalue weighted by Gasteiger charge is -2.17. The maximum absolute atomic E-state index is 13.9. The van der Waals surface area contributed by atoms with Crippen LogP contribution in [0.3, 0.4) is 0 Å². The van der Waals surface area contributed by atoms with E-state index in [-0.39, 0.29) is 46.5 Å². The summed E-state index contributed by atoms with van der Waals surface area (Å²) in [5.74, 6) is 0.271. The molecular formula is C19H16Cl2FN3O3S. The van der Waals surface area contributed by atoms with Gasteiger partial charge in [0.1, 0.15) is 11.6 Å². The molecule has 2 aromatic carbocycles. The van der Waals surface area contributed by atoms with E-state index in [1.54, 1.807) is 37.4 Å². The molecule has 0 aliphatic carbocycles. The molecule has 0 N–H and O–H groups in total. The van der Waals surface area contributed by atoms with E-state index in [1.165, 1.54) is 17.0 Å². The Balaban J connectivity index is 1.48. The van der Waals surface area contributed by atoms with Crippen molar-refractivity contribution < 1.29 is 18.3 Å². The quantitative estimate of drug-likeness (QED) is 0.452. The van der Waals surface area contributed by atoms with Gasteiger partial charge >= 0.3 is 0 Å². The number of halogens is 3. The number of nitrogens with zero attached hydrogens (tertiary/aromatic N) is 3. The highest BCUT2D eigenvalue weighted by Gasteiger charge is 2.16. The van der Waals surface area contributed by atoms with E-state index in [1.807, 2.05) is 0 Å². The zero-order valence-corrected chi connectivity index (χ0v) is 17.6. The van der Waals surface area contributed by atoms with Crippen molar-refractivity contribution in [2.24, 2.45) is 0 Å². The van der Waals surface area contributed by atoms with Crippen molar-refractivity contribution in [1.82, 2.24) is 15.1 Å². The third-order valence-corrected chi connectivity index (χ3v) is 5.24. The van der Waals surface area contributed by atoms with E-state index in [4.69, 9.17) is 32.4 Å². The molecule has 3 rings (SSSR count). The van der Waals surface area contributed by atoms with Crippen LogP contribution in [-0.2, 0) is 17.9 Å². The molecule has 0 aliphatic heterocycles. The van der Waals surface area contributed by atoms with Crippen LogP contribution < -0.4 is 4.74 Å². The molecule has 1 amide bonds. The fraction of sp³-hybridized carbons (Fsp3) is 0.211. The lowest BCUT2D eigenvalue weighted by molar-refractivity contribution is -0.127. The topological polar surface area (TPSA) is 68.5 Å². The van der Waals surface area contributed by atoms with Crippen molar-refractivity contribution in [3.05, 3.63) is 69.8 Å². The van der Waals surface area contributed by atoms with Crippen LogP contribution in [0.1, 0.15) is 11.5 Å². The Kier molecular flexibility index (Phi) is 7.35. The van der Waals surface area contributed by atoms with E-state index in [9.17, 15) is 9.18 Å². The fourth-order valence-corrected chi connectivity index (χ4v) is 3.34. The number of thioether (sulfide) groups is 1. The van der Waals surface area contributed by atoms with Gasteiger partial charge in [-0.25, -0.2) is 4.39 Å². The summed E-state index contributed by atoms with van der Waals surface area (Å²) in [5, 5.41) is 8.89. The highest BCUT2D eigenvalue weighted by molar-refractivity contribution is 7.99. The molecule has 1 aromatic heterocycles. The first-order valence-electron chi connectivity index (χ1n) is 8.43. The highest BCUT2D eigenvalue weighted by Crippen LogP contribution is 2.22. The summed E-state index contributed by atoms with van der Waals surface area (Å²) in [7, 11) is 1.57. The summed E-state index contributed by atoms with van der Waals surface area (Å²) in [6.45, 7) is 0.156. The molecule has 0 bridgehead atoms. The summed E-state index contributed by atoms with van der Waals surface area (Å²) < 4.78 is 24.8. The Morgan fingerprint density at radius 3 is 2.69 bits per heavy atom. The number of aromatic nitrogens is 2. The summed E-state index contributed by atoms with van der Waals surface area (Å²) in [6, 6.07) is 11.3. The molecule has 3 aromatic rings. The lowest BCUT2D eigenvalue weighted by atomic mass is 10.2. The molecule has 0 spiro atoms. The van der Waals surface area contributed by atoms with Gasteiger partial charge < -0.3 is 14.1 Å². The number of amides is 1. The maximum atomic E-state index is 13.9. The van der Waals surface area contributed by atoms with Gasteiger partial charge in [-0.2, -0.15) is 0 Å². The Morgan fingerprint density at radius 1 is 1.21 bits per heavy atom. The number of hydrogen-bond donors (Lipinski definition) is 0. The predicted molar refractivity (Wildman–Crippen MR) is 109 cm³/mol. The van der Waals surface area contributed by atoms with Crippen LogP contribution in [0.4, 0.5) is 4.39 Å². The number of carbonyl (C=O) groups excluding carboxylic acids is 1. The standard InChI is InChI=1S/C19H16Cl2FN3O3S/c1-25(9-14-15(21)3-2-4-16(14)22)18(26)11-29-19-24-23-17(28-19)10-27-13-7-5-12(20)6-8-13/h2-8H,9-11H2,1H3. The average molecular weight is 456 g/mol. The average Bonchev–Trinajstić information content (AvgIpc) is 3.16. The number of benzene rings is 2. The zero-order valence-electron chi connectivity index (χ0n) is 15.3. The molecule has 0 fully saturated rings. The summed E-state index contributed by atoms with van der Waals surface area (Å²) in [4.78, 5) is 13.7. The van der Waals surface area contributed by atoms with Crippen LogP contribution >= 0.6 is 35.0 Å². The second kappa shape index (κ2) is 9.96. The van der Waals surface area contributed by atoms with Crippen molar-refractivity contribution >= 4 is 40.9 Å². The lowest BCUT2D eigenvalue weighted by Crippen LogP contribution is -2.28. The first kappa shape index (κ1) is 21.4. The monoisotopic (exact) mass is 455 g/mol. The Hall–Kier alpha value is -2.29. The van der Waals surface area contributed by atoms with Crippen LogP contribution in [0, 0.1) is 5.82 Å². The van der Waals surface area contributed by atoms with Gasteiger partial charge in [0.15, 0.2) is 6.61 Å². The van der Waals surface area contributed by atoms with E-state index in [0.29, 0.717) is 10.8 Å². The van der Waals surface area contributed by atoms with E-state index in [0.717, 1.165) is 11.8 Å². The minimum absolute atomic E-state index is 0.0578. The van der Waals surface area contributed by atoms with Crippen molar-refractivity contribution in [2.45, 2.75) is 18.4 Å². The molecule has 29 heavy (non-hydrogen) atoms. The summed E-state index contributed by atoms with van der Waals surface area (Å²) in [5.41, 5.74) is 0.273. The number of ether oxygens (including phenoxy) is 1. The zero-order chi connectivity index (χ0) is 20.8. The predicted octanol–water partition coefficient (Wildman–Crippen LogP) is 4.85. The Bertz CT molecular complexity index is 965. The van der Waals surface area contributed by atoms with Crippen LogP contribution in [0.5, 0.6) is 5.75 Å². The normalized spacial score (nSPS) is 10.8. The van der Waals surface area contributed by atoms with Gasteiger partial charge in [-0.15, -0.1) is 10.2 Å². The minimum atomic E-state index is -0.452. The first-order chi connectivity index (χ1) is 13.9. The highest BCUT2D eigenvalue weighted by atomic mass is 35.5. The molecule has 0 unspecified atom stereocenters. The van der Waals surface area contributed by atoms with E-state index < -0.39 is 5.82 Å².